The monoisotopic (exact) mass is 226 g/mol. The first kappa shape index (κ1) is 13.5. The maximum atomic E-state index is 7.40. The van der Waals surface area contributed by atoms with Gasteiger partial charge in [-0.3, -0.25) is 10.3 Å². The van der Waals surface area contributed by atoms with Crippen LogP contribution in [0.5, 0.6) is 0 Å². The van der Waals surface area contributed by atoms with Crippen molar-refractivity contribution in [2.45, 2.75) is 33.2 Å². The van der Waals surface area contributed by atoms with Gasteiger partial charge in [-0.15, -0.1) is 0 Å². The fourth-order valence-electron chi connectivity index (χ4n) is 2.13. The van der Waals surface area contributed by atoms with Gasteiger partial charge >= 0.3 is 0 Å². The molecule has 1 aliphatic rings. The summed E-state index contributed by atoms with van der Waals surface area (Å²) in [5.41, 5.74) is 5.50. The molecular formula is C12H26N4. The van der Waals surface area contributed by atoms with Crippen LogP contribution in [0, 0.1) is 11.3 Å². The van der Waals surface area contributed by atoms with Crippen molar-refractivity contribution < 1.29 is 0 Å². The Morgan fingerprint density at radius 1 is 1.25 bits per heavy atom. The molecule has 0 aliphatic carbocycles. The summed E-state index contributed by atoms with van der Waals surface area (Å²) < 4.78 is 0. The molecule has 4 heteroatoms. The second-order valence-electron chi connectivity index (χ2n) is 4.95. The third-order valence-electron chi connectivity index (χ3n) is 3.68. The molecule has 0 aromatic rings. The van der Waals surface area contributed by atoms with Gasteiger partial charge in [0.05, 0.1) is 5.84 Å². The minimum Gasteiger partial charge on any atom is -0.387 e. The summed E-state index contributed by atoms with van der Waals surface area (Å²) in [6.45, 7) is 12.0. The van der Waals surface area contributed by atoms with Gasteiger partial charge in [-0.1, -0.05) is 13.8 Å². The second kappa shape index (κ2) is 6.21. The van der Waals surface area contributed by atoms with Crippen LogP contribution in [0.25, 0.3) is 0 Å². The predicted octanol–water partition coefficient (Wildman–Crippen LogP) is 0.975. The first-order chi connectivity index (χ1) is 7.54. The summed E-state index contributed by atoms with van der Waals surface area (Å²) in [7, 11) is 0. The number of rotatable bonds is 5. The summed E-state index contributed by atoms with van der Waals surface area (Å²) in [5, 5.41) is 7.40. The van der Waals surface area contributed by atoms with E-state index in [9.17, 15) is 0 Å². The van der Waals surface area contributed by atoms with E-state index in [4.69, 9.17) is 11.1 Å². The minimum atomic E-state index is 0.190. The molecule has 1 aliphatic heterocycles. The molecule has 1 rings (SSSR count). The van der Waals surface area contributed by atoms with Crippen molar-refractivity contribution in [3.8, 4) is 0 Å². The number of hydrogen-bond acceptors (Lipinski definition) is 3. The van der Waals surface area contributed by atoms with E-state index < -0.39 is 0 Å². The molecule has 94 valence electrons. The van der Waals surface area contributed by atoms with Gasteiger partial charge in [-0.25, -0.2) is 0 Å². The number of hydrogen-bond donors (Lipinski definition) is 2. The van der Waals surface area contributed by atoms with E-state index in [2.05, 4.69) is 23.6 Å². The normalized spacial score (nSPS) is 22.9. The Morgan fingerprint density at radius 3 is 2.25 bits per heavy atom. The molecule has 16 heavy (non-hydrogen) atoms. The van der Waals surface area contributed by atoms with Crippen molar-refractivity contribution in [3.05, 3.63) is 0 Å². The summed E-state index contributed by atoms with van der Waals surface area (Å²) in [6, 6.07) is 0.701. The van der Waals surface area contributed by atoms with Crippen LogP contribution >= 0.6 is 0 Å². The maximum absolute atomic E-state index is 7.40. The van der Waals surface area contributed by atoms with E-state index in [1.165, 1.54) is 6.42 Å². The fraction of sp³-hybridized carbons (Fsp3) is 0.917. The van der Waals surface area contributed by atoms with E-state index in [1.807, 2.05) is 6.92 Å². The van der Waals surface area contributed by atoms with Gasteiger partial charge in [0.2, 0.25) is 0 Å². The molecule has 0 spiro atoms. The molecule has 1 heterocycles. The number of nitrogens with one attached hydrogen (secondary N) is 1. The third-order valence-corrected chi connectivity index (χ3v) is 3.68. The minimum absolute atomic E-state index is 0.190. The van der Waals surface area contributed by atoms with Crippen molar-refractivity contribution in [2.75, 3.05) is 32.7 Å². The largest absolute Gasteiger partial charge is 0.387 e. The Balaban J connectivity index is 2.29. The lowest BCUT2D eigenvalue weighted by molar-refractivity contribution is 0.0967. The van der Waals surface area contributed by atoms with E-state index in [0.717, 1.165) is 32.7 Å². The van der Waals surface area contributed by atoms with Crippen LogP contribution in [0.1, 0.15) is 27.2 Å². The summed E-state index contributed by atoms with van der Waals surface area (Å²) in [4.78, 5) is 4.97. The first-order valence-corrected chi connectivity index (χ1v) is 6.34. The number of amidine groups is 1. The Labute approximate surface area is 99.3 Å². The van der Waals surface area contributed by atoms with Crippen molar-refractivity contribution >= 4 is 5.84 Å². The quantitative estimate of drug-likeness (QED) is 0.542. The Kier molecular flexibility index (Phi) is 5.22. The van der Waals surface area contributed by atoms with Gasteiger partial charge in [0.1, 0.15) is 0 Å². The standard InChI is InChI=1S/C12H26N4/c1-4-11(3)16-7-5-15(6-8-16)9-10(2)12(13)14/h10-11H,4-9H2,1-3H3,(H3,13,14). The predicted molar refractivity (Wildman–Crippen MR) is 68.8 cm³/mol. The van der Waals surface area contributed by atoms with Gasteiger partial charge in [0.15, 0.2) is 0 Å². The van der Waals surface area contributed by atoms with Crippen LogP contribution < -0.4 is 5.73 Å². The summed E-state index contributed by atoms with van der Waals surface area (Å²) >= 11 is 0. The summed E-state index contributed by atoms with van der Waals surface area (Å²) in [5.74, 6) is 0.500. The van der Waals surface area contributed by atoms with Crippen molar-refractivity contribution in [2.24, 2.45) is 11.7 Å². The van der Waals surface area contributed by atoms with Gasteiger partial charge < -0.3 is 10.6 Å². The molecule has 0 amide bonds. The Hall–Kier alpha value is -0.610. The molecule has 2 atom stereocenters. The number of nitrogens with two attached hydrogens (primary N) is 1. The average molecular weight is 226 g/mol. The molecule has 0 radical (unpaired) electrons. The highest BCUT2D eigenvalue weighted by Gasteiger charge is 2.21. The molecule has 1 fully saturated rings. The molecule has 0 aromatic heterocycles. The molecule has 1 saturated heterocycles. The lowest BCUT2D eigenvalue weighted by Crippen LogP contribution is -2.51. The van der Waals surface area contributed by atoms with Crippen LogP contribution in [0.4, 0.5) is 0 Å². The molecule has 3 N–H and O–H groups in total. The lowest BCUT2D eigenvalue weighted by atomic mass is 10.1. The highest BCUT2D eigenvalue weighted by Crippen LogP contribution is 2.10. The maximum Gasteiger partial charge on any atom is 0.0947 e. The van der Waals surface area contributed by atoms with Crippen molar-refractivity contribution in [3.63, 3.8) is 0 Å². The highest BCUT2D eigenvalue weighted by atomic mass is 15.3. The molecule has 2 unspecified atom stereocenters. The van der Waals surface area contributed by atoms with Crippen LogP contribution in [-0.4, -0.2) is 54.4 Å². The highest BCUT2D eigenvalue weighted by molar-refractivity contribution is 5.79. The fourth-order valence-corrected chi connectivity index (χ4v) is 2.13. The zero-order chi connectivity index (χ0) is 12.1. The topological polar surface area (TPSA) is 56.4 Å². The van der Waals surface area contributed by atoms with Gasteiger partial charge in [-0.2, -0.15) is 0 Å². The summed E-state index contributed by atoms with van der Waals surface area (Å²) in [6.07, 6.45) is 1.23. The SMILES string of the molecule is CCC(C)N1CCN(CC(C)C(=N)N)CC1. The van der Waals surface area contributed by atoms with E-state index in [0.29, 0.717) is 11.9 Å². The smallest absolute Gasteiger partial charge is 0.0947 e. The zero-order valence-corrected chi connectivity index (χ0v) is 10.9. The second-order valence-corrected chi connectivity index (χ2v) is 4.95. The third kappa shape index (κ3) is 3.76. The molecule has 0 bridgehead atoms. The van der Waals surface area contributed by atoms with Gasteiger partial charge in [-0.05, 0) is 13.3 Å². The van der Waals surface area contributed by atoms with E-state index >= 15 is 0 Å². The van der Waals surface area contributed by atoms with Crippen LogP contribution in [0.15, 0.2) is 0 Å². The zero-order valence-electron chi connectivity index (χ0n) is 10.9. The van der Waals surface area contributed by atoms with E-state index in [1.54, 1.807) is 0 Å². The van der Waals surface area contributed by atoms with Gasteiger partial charge in [0.25, 0.3) is 0 Å². The van der Waals surface area contributed by atoms with Gasteiger partial charge in [0, 0.05) is 44.7 Å². The average Bonchev–Trinajstić information content (AvgIpc) is 2.28. The Morgan fingerprint density at radius 2 is 1.81 bits per heavy atom. The van der Waals surface area contributed by atoms with Crippen molar-refractivity contribution in [1.29, 1.82) is 5.41 Å². The molecule has 0 saturated carbocycles. The first-order valence-electron chi connectivity index (χ1n) is 6.34. The lowest BCUT2D eigenvalue weighted by Gasteiger charge is -2.38. The molecule has 4 nitrogen and oxygen atoms in total. The van der Waals surface area contributed by atoms with Crippen LogP contribution in [-0.2, 0) is 0 Å². The van der Waals surface area contributed by atoms with Crippen molar-refractivity contribution in [1.82, 2.24) is 9.80 Å². The molecular weight excluding hydrogens is 200 g/mol. The molecule has 0 aromatic carbocycles. The Bertz CT molecular complexity index is 221. The number of nitrogens with zero attached hydrogens (tertiary/aromatic N) is 2. The van der Waals surface area contributed by atoms with Crippen LogP contribution in [0.3, 0.4) is 0 Å². The van der Waals surface area contributed by atoms with E-state index in [-0.39, 0.29) is 5.92 Å². The van der Waals surface area contributed by atoms with Crippen LogP contribution in [0.2, 0.25) is 0 Å². The number of piperazine rings is 1.